The van der Waals surface area contributed by atoms with Gasteiger partial charge in [-0.15, -0.1) is 0 Å². The molecule has 4 rings (SSSR count). The van der Waals surface area contributed by atoms with Crippen LogP contribution in [0, 0.1) is 6.92 Å². The summed E-state index contributed by atoms with van der Waals surface area (Å²) in [6.45, 7) is 9.36. The number of hydrogen-bond donors (Lipinski definition) is 1. The van der Waals surface area contributed by atoms with Crippen molar-refractivity contribution in [3.63, 3.8) is 0 Å². The molecule has 0 saturated carbocycles. The van der Waals surface area contributed by atoms with Crippen LogP contribution in [-0.2, 0) is 4.74 Å². The molecule has 1 saturated heterocycles. The molecule has 2 N–H and O–H groups in total. The highest BCUT2D eigenvalue weighted by Gasteiger charge is 2.28. The zero-order valence-corrected chi connectivity index (χ0v) is 20.6. The van der Waals surface area contributed by atoms with Crippen molar-refractivity contribution in [3.05, 3.63) is 65.9 Å². The number of aryl methyl sites for hydroxylation is 1. The summed E-state index contributed by atoms with van der Waals surface area (Å²) in [4.78, 5) is 37.7. The summed E-state index contributed by atoms with van der Waals surface area (Å²) < 4.78 is 5.43. The lowest BCUT2D eigenvalue weighted by molar-refractivity contribution is 0.0141. The normalized spacial score (nSPS) is 14.1. The number of nitrogens with two attached hydrogens (primary N) is 1. The van der Waals surface area contributed by atoms with E-state index in [0.29, 0.717) is 48.9 Å². The lowest BCUT2D eigenvalue weighted by atomic mass is 10.1. The molecular weight excluding hydrogens is 442 g/mol. The van der Waals surface area contributed by atoms with Crippen LogP contribution >= 0.6 is 0 Å². The third-order valence-electron chi connectivity index (χ3n) is 5.77. The Morgan fingerprint density at radius 2 is 1.46 bits per heavy atom. The van der Waals surface area contributed by atoms with Crippen molar-refractivity contribution in [2.45, 2.75) is 33.3 Å². The molecule has 1 aromatic heterocycles. The summed E-state index contributed by atoms with van der Waals surface area (Å²) in [7, 11) is 0. The molecule has 2 amide bonds. The van der Waals surface area contributed by atoms with Gasteiger partial charge in [-0.3, -0.25) is 4.79 Å². The first kappa shape index (κ1) is 24.2. The van der Waals surface area contributed by atoms with Gasteiger partial charge in [0.15, 0.2) is 0 Å². The lowest BCUT2D eigenvalue weighted by Crippen LogP contribution is -2.51. The van der Waals surface area contributed by atoms with Gasteiger partial charge in [0.25, 0.3) is 5.91 Å². The predicted molar refractivity (Wildman–Crippen MR) is 136 cm³/mol. The van der Waals surface area contributed by atoms with Gasteiger partial charge in [-0.25, -0.2) is 14.8 Å². The van der Waals surface area contributed by atoms with Gasteiger partial charge in [-0.05, 0) is 39.8 Å². The van der Waals surface area contributed by atoms with Gasteiger partial charge in [0, 0.05) is 42.9 Å². The molecule has 8 heteroatoms. The molecule has 0 radical (unpaired) electrons. The highest BCUT2D eigenvalue weighted by Crippen LogP contribution is 2.26. The van der Waals surface area contributed by atoms with Crippen molar-refractivity contribution in [2.75, 3.05) is 31.9 Å². The van der Waals surface area contributed by atoms with Gasteiger partial charge in [-0.2, -0.15) is 0 Å². The van der Waals surface area contributed by atoms with E-state index in [-0.39, 0.29) is 12.0 Å². The zero-order chi connectivity index (χ0) is 25.2. The van der Waals surface area contributed by atoms with E-state index < -0.39 is 5.60 Å². The summed E-state index contributed by atoms with van der Waals surface area (Å²) in [6.07, 6.45) is 1.29. The van der Waals surface area contributed by atoms with Gasteiger partial charge < -0.3 is 20.3 Å². The topological polar surface area (TPSA) is 102 Å². The van der Waals surface area contributed by atoms with Crippen LogP contribution in [0.4, 0.5) is 10.6 Å². The number of aromatic nitrogens is 2. The fourth-order valence-electron chi connectivity index (χ4n) is 3.85. The molecule has 1 fully saturated rings. The van der Waals surface area contributed by atoms with Crippen molar-refractivity contribution in [2.24, 2.45) is 0 Å². The quantitative estimate of drug-likeness (QED) is 0.605. The fourth-order valence-corrected chi connectivity index (χ4v) is 3.85. The van der Waals surface area contributed by atoms with Crippen LogP contribution in [0.25, 0.3) is 22.5 Å². The van der Waals surface area contributed by atoms with E-state index in [1.807, 2.05) is 64.1 Å². The summed E-state index contributed by atoms with van der Waals surface area (Å²) in [5.74, 6) is 0.305. The Kier molecular flexibility index (Phi) is 6.73. The van der Waals surface area contributed by atoms with E-state index in [1.54, 1.807) is 28.1 Å². The van der Waals surface area contributed by atoms with Crippen LogP contribution in [0.1, 0.15) is 36.7 Å². The Morgan fingerprint density at radius 1 is 0.886 bits per heavy atom. The number of nitrogen functional groups attached to an aromatic ring is 1. The number of benzene rings is 2. The number of anilines is 1. The van der Waals surface area contributed by atoms with E-state index in [1.165, 1.54) is 0 Å². The van der Waals surface area contributed by atoms with E-state index in [2.05, 4.69) is 4.98 Å². The number of amides is 2. The summed E-state index contributed by atoms with van der Waals surface area (Å²) in [5, 5.41) is 0. The molecule has 2 heterocycles. The number of piperazine rings is 1. The number of rotatable bonds is 3. The molecule has 0 spiro atoms. The average molecular weight is 474 g/mol. The number of hydrogen-bond acceptors (Lipinski definition) is 6. The van der Waals surface area contributed by atoms with E-state index in [0.717, 1.165) is 16.7 Å². The van der Waals surface area contributed by atoms with Gasteiger partial charge in [0.2, 0.25) is 0 Å². The number of carbonyl (C=O) groups excluding carboxylic acids is 2. The molecule has 35 heavy (non-hydrogen) atoms. The van der Waals surface area contributed by atoms with Crippen molar-refractivity contribution >= 4 is 17.8 Å². The molecule has 1 aliphatic rings. The lowest BCUT2D eigenvalue weighted by Gasteiger charge is -2.35. The summed E-state index contributed by atoms with van der Waals surface area (Å²) >= 11 is 0. The second-order valence-corrected chi connectivity index (χ2v) is 9.69. The number of carbonyl (C=O) groups is 2. The second-order valence-electron chi connectivity index (χ2n) is 9.69. The SMILES string of the molecule is Cc1ccc(-c2nc(-c3ccc(C(=O)N4CCN(C(=O)OC(C)(C)C)CC4)cc3)cnc2N)cc1. The Hall–Kier alpha value is -3.94. The van der Waals surface area contributed by atoms with Gasteiger partial charge in [0.05, 0.1) is 11.9 Å². The highest BCUT2D eigenvalue weighted by atomic mass is 16.6. The minimum absolute atomic E-state index is 0.0656. The Morgan fingerprint density at radius 3 is 2.06 bits per heavy atom. The molecule has 2 aromatic carbocycles. The van der Waals surface area contributed by atoms with Crippen molar-refractivity contribution in [1.29, 1.82) is 0 Å². The van der Waals surface area contributed by atoms with E-state index in [4.69, 9.17) is 15.5 Å². The highest BCUT2D eigenvalue weighted by molar-refractivity contribution is 5.95. The Bertz CT molecular complexity index is 1210. The van der Waals surface area contributed by atoms with Gasteiger partial charge in [0.1, 0.15) is 17.1 Å². The Balaban J connectivity index is 1.43. The van der Waals surface area contributed by atoms with Crippen LogP contribution in [0.5, 0.6) is 0 Å². The smallest absolute Gasteiger partial charge is 0.410 e. The molecule has 8 nitrogen and oxygen atoms in total. The second kappa shape index (κ2) is 9.74. The maximum Gasteiger partial charge on any atom is 0.410 e. The summed E-state index contributed by atoms with van der Waals surface area (Å²) in [6, 6.07) is 15.3. The molecular formula is C27H31N5O3. The van der Waals surface area contributed by atoms with Crippen LogP contribution < -0.4 is 5.73 Å². The minimum atomic E-state index is -0.540. The van der Waals surface area contributed by atoms with Crippen molar-refractivity contribution in [3.8, 4) is 22.5 Å². The number of nitrogens with zero attached hydrogens (tertiary/aromatic N) is 4. The van der Waals surface area contributed by atoms with Gasteiger partial charge in [-0.1, -0.05) is 42.0 Å². The third kappa shape index (κ3) is 5.77. The fraction of sp³-hybridized carbons (Fsp3) is 0.333. The van der Waals surface area contributed by atoms with Crippen LogP contribution in [0.3, 0.4) is 0 Å². The molecule has 0 aliphatic carbocycles. The molecule has 3 aromatic rings. The van der Waals surface area contributed by atoms with E-state index >= 15 is 0 Å². The molecule has 1 aliphatic heterocycles. The maximum atomic E-state index is 13.0. The standard InChI is InChI=1S/C27H31N5O3/c1-18-5-7-20(8-6-18)23-24(28)29-17-22(30-23)19-9-11-21(12-10-19)25(33)31-13-15-32(16-14-31)26(34)35-27(2,3)4/h5-12,17H,13-16H2,1-4H3,(H2,28,29). The van der Waals surface area contributed by atoms with Crippen molar-refractivity contribution in [1.82, 2.24) is 19.8 Å². The van der Waals surface area contributed by atoms with Crippen LogP contribution in [0.2, 0.25) is 0 Å². The molecule has 182 valence electrons. The Labute approximate surface area is 205 Å². The van der Waals surface area contributed by atoms with Crippen molar-refractivity contribution < 1.29 is 14.3 Å². The number of ether oxygens (including phenoxy) is 1. The van der Waals surface area contributed by atoms with Crippen LogP contribution in [-0.4, -0.2) is 63.5 Å². The monoisotopic (exact) mass is 473 g/mol. The molecule has 0 atom stereocenters. The average Bonchev–Trinajstić information content (AvgIpc) is 2.84. The summed E-state index contributed by atoms with van der Waals surface area (Å²) in [5.41, 5.74) is 10.3. The molecule has 0 unspecified atom stereocenters. The predicted octanol–water partition coefficient (Wildman–Crippen LogP) is 4.39. The zero-order valence-electron chi connectivity index (χ0n) is 20.6. The first-order valence-electron chi connectivity index (χ1n) is 11.7. The minimum Gasteiger partial charge on any atom is -0.444 e. The van der Waals surface area contributed by atoms with E-state index in [9.17, 15) is 9.59 Å². The largest absolute Gasteiger partial charge is 0.444 e. The maximum absolute atomic E-state index is 13.0. The van der Waals surface area contributed by atoms with Crippen LogP contribution in [0.15, 0.2) is 54.7 Å². The first-order chi connectivity index (χ1) is 16.6. The molecule has 0 bridgehead atoms. The first-order valence-corrected chi connectivity index (χ1v) is 11.7. The third-order valence-corrected chi connectivity index (χ3v) is 5.77. The van der Waals surface area contributed by atoms with Gasteiger partial charge >= 0.3 is 6.09 Å².